The Morgan fingerprint density at radius 2 is 1.86 bits per heavy atom. The molecule has 7 nitrogen and oxygen atoms in total. The zero-order chi connectivity index (χ0) is 20.2. The maximum absolute atomic E-state index is 12.6. The highest BCUT2D eigenvalue weighted by molar-refractivity contribution is 9.11. The lowest BCUT2D eigenvalue weighted by atomic mass is 10.2. The fourth-order valence-corrected chi connectivity index (χ4v) is 4.44. The average Bonchev–Trinajstić information content (AvgIpc) is 3.05. The summed E-state index contributed by atoms with van der Waals surface area (Å²) in [5.41, 5.74) is 1.65. The van der Waals surface area contributed by atoms with Crippen molar-refractivity contribution < 1.29 is 10.0 Å². The summed E-state index contributed by atoms with van der Waals surface area (Å²) in [6.07, 6.45) is 1.55. The lowest BCUT2D eigenvalue weighted by Gasteiger charge is -2.34. The average molecular weight is 474 g/mol. The fourth-order valence-electron chi connectivity index (χ4n) is 3.20. The number of halogens is 1. The normalized spacial score (nSPS) is 15.6. The molecular formula is C20H20BrN5O2S. The van der Waals surface area contributed by atoms with Gasteiger partial charge in [-0.2, -0.15) is 9.72 Å². The first-order chi connectivity index (χ1) is 14.1. The van der Waals surface area contributed by atoms with E-state index in [9.17, 15) is 10.0 Å². The van der Waals surface area contributed by atoms with Gasteiger partial charge in [-0.05, 0) is 40.2 Å². The number of hydrogen-bond donors (Lipinski definition) is 1. The highest BCUT2D eigenvalue weighted by Crippen LogP contribution is 2.15. The molecule has 1 aromatic carbocycles. The number of hydrogen-bond acceptors (Lipinski definition) is 6. The van der Waals surface area contributed by atoms with E-state index < -0.39 is 0 Å². The van der Waals surface area contributed by atoms with Crippen molar-refractivity contribution >= 4 is 39.0 Å². The third kappa shape index (κ3) is 4.92. The van der Waals surface area contributed by atoms with Gasteiger partial charge in [-0.1, -0.05) is 35.6 Å². The lowest BCUT2D eigenvalue weighted by molar-refractivity contribution is 0.0627. The Bertz CT molecular complexity index is 1060. The highest BCUT2D eigenvalue weighted by atomic mass is 79.9. The molecule has 0 unspecified atom stereocenters. The van der Waals surface area contributed by atoms with Crippen molar-refractivity contribution in [2.24, 2.45) is 4.99 Å². The molecule has 9 heteroatoms. The van der Waals surface area contributed by atoms with E-state index in [0.29, 0.717) is 30.3 Å². The van der Waals surface area contributed by atoms with Gasteiger partial charge in [0.1, 0.15) is 0 Å². The molecule has 3 aromatic rings. The first-order valence-electron chi connectivity index (χ1n) is 9.23. The number of carbonyl (C=O) groups is 1. The Morgan fingerprint density at radius 3 is 2.55 bits per heavy atom. The quantitative estimate of drug-likeness (QED) is 0.590. The summed E-state index contributed by atoms with van der Waals surface area (Å²) in [7, 11) is 0. The maximum Gasteiger partial charge on any atom is 0.253 e. The zero-order valence-corrected chi connectivity index (χ0v) is 18.0. The minimum atomic E-state index is 0.0867. The monoisotopic (exact) mass is 473 g/mol. The number of aromatic nitrogens is 2. The van der Waals surface area contributed by atoms with Crippen molar-refractivity contribution in [2.45, 2.75) is 6.54 Å². The molecule has 1 fully saturated rings. The molecule has 0 saturated carbocycles. The van der Waals surface area contributed by atoms with Crippen molar-refractivity contribution in [3.8, 4) is 0 Å². The molecule has 1 aliphatic heterocycles. The van der Waals surface area contributed by atoms with E-state index in [-0.39, 0.29) is 5.91 Å². The summed E-state index contributed by atoms with van der Waals surface area (Å²) >= 11 is 4.66. The van der Waals surface area contributed by atoms with Crippen LogP contribution in [0.3, 0.4) is 0 Å². The zero-order valence-electron chi connectivity index (χ0n) is 15.6. The van der Waals surface area contributed by atoms with Crippen LogP contribution in [0.2, 0.25) is 0 Å². The van der Waals surface area contributed by atoms with Gasteiger partial charge in [0.2, 0.25) is 4.80 Å². The van der Waals surface area contributed by atoms with Crippen molar-refractivity contribution in [3.63, 3.8) is 0 Å². The molecule has 0 aliphatic carbocycles. The number of thiazole rings is 1. The summed E-state index contributed by atoms with van der Waals surface area (Å²) in [6.45, 7) is 3.70. The van der Waals surface area contributed by atoms with E-state index in [2.05, 4.69) is 30.8 Å². The highest BCUT2D eigenvalue weighted by Gasteiger charge is 2.22. The molecule has 0 bridgehead atoms. The van der Waals surface area contributed by atoms with Gasteiger partial charge in [0.25, 0.3) is 5.91 Å². The largest absolute Gasteiger partial charge is 0.426 e. The van der Waals surface area contributed by atoms with Crippen LogP contribution in [-0.4, -0.2) is 56.8 Å². The second-order valence-corrected chi connectivity index (χ2v) is 9.08. The summed E-state index contributed by atoms with van der Waals surface area (Å²) in [6, 6.07) is 15.1. The van der Waals surface area contributed by atoms with Crippen LogP contribution < -0.4 is 4.80 Å². The fraction of sp³-hybridized carbons (Fsp3) is 0.250. The Morgan fingerprint density at radius 1 is 1.10 bits per heavy atom. The molecule has 1 amide bonds. The number of nitrogens with zero attached hydrogens (tertiary/aromatic N) is 5. The van der Waals surface area contributed by atoms with Crippen LogP contribution in [-0.2, 0) is 6.54 Å². The summed E-state index contributed by atoms with van der Waals surface area (Å²) < 4.78 is 1.77. The number of pyridine rings is 1. The van der Waals surface area contributed by atoms with E-state index in [1.54, 1.807) is 6.20 Å². The Balaban J connectivity index is 1.38. The van der Waals surface area contributed by atoms with E-state index in [4.69, 9.17) is 0 Å². The van der Waals surface area contributed by atoms with E-state index in [1.807, 2.05) is 53.4 Å². The van der Waals surface area contributed by atoms with Crippen LogP contribution in [0, 0.1) is 0 Å². The Labute approximate surface area is 180 Å². The molecule has 3 heterocycles. The predicted molar refractivity (Wildman–Crippen MR) is 114 cm³/mol. The van der Waals surface area contributed by atoms with Crippen molar-refractivity contribution in [3.05, 3.63) is 74.6 Å². The van der Waals surface area contributed by atoms with Crippen LogP contribution in [0.5, 0.6) is 0 Å². The van der Waals surface area contributed by atoms with Gasteiger partial charge in [0, 0.05) is 38.3 Å². The molecule has 0 atom stereocenters. The van der Waals surface area contributed by atoms with Crippen molar-refractivity contribution in [1.82, 2.24) is 19.5 Å². The molecule has 4 rings (SSSR count). The molecule has 0 spiro atoms. The topological polar surface area (TPSA) is 74.0 Å². The first kappa shape index (κ1) is 19.8. The third-order valence-corrected chi connectivity index (χ3v) is 6.13. The minimum absolute atomic E-state index is 0.0867. The first-order valence-corrected chi connectivity index (χ1v) is 10.8. The summed E-state index contributed by atoms with van der Waals surface area (Å²) in [5.74, 6) is 0.640. The molecule has 150 valence electrons. The smallest absolute Gasteiger partial charge is 0.253 e. The standard InChI is InChI=1S/C20H20BrN5O2S/c21-17-14-26(28)20(29-17)23-18-8-4-7-16(22-18)13-24-9-11-25(12-10-24)19(27)15-5-2-1-3-6-15/h1-8,14,28H,9-13H2/b23-20-. The molecule has 1 saturated heterocycles. The van der Waals surface area contributed by atoms with Gasteiger partial charge in [-0.25, -0.2) is 4.98 Å². The van der Waals surface area contributed by atoms with Crippen LogP contribution in [0.15, 0.2) is 63.5 Å². The van der Waals surface area contributed by atoms with Crippen molar-refractivity contribution in [2.75, 3.05) is 26.2 Å². The number of benzene rings is 1. The van der Waals surface area contributed by atoms with Crippen LogP contribution in [0.25, 0.3) is 0 Å². The second kappa shape index (κ2) is 8.89. The van der Waals surface area contributed by atoms with Crippen LogP contribution in [0.1, 0.15) is 16.1 Å². The number of rotatable bonds is 4. The van der Waals surface area contributed by atoms with Gasteiger partial charge in [-0.3, -0.25) is 9.69 Å². The molecule has 2 aromatic heterocycles. The van der Waals surface area contributed by atoms with Crippen LogP contribution in [0.4, 0.5) is 5.82 Å². The summed E-state index contributed by atoms with van der Waals surface area (Å²) in [4.78, 5) is 26.2. The van der Waals surface area contributed by atoms with E-state index in [0.717, 1.165) is 32.9 Å². The molecular weight excluding hydrogens is 454 g/mol. The van der Waals surface area contributed by atoms with Crippen molar-refractivity contribution in [1.29, 1.82) is 0 Å². The lowest BCUT2D eigenvalue weighted by Crippen LogP contribution is -2.48. The Hall–Kier alpha value is -2.49. The van der Waals surface area contributed by atoms with E-state index in [1.165, 1.54) is 11.3 Å². The number of piperazine rings is 1. The molecule has 1 N–H and O–H groups in total. The predicted octanol–water partition coefficient (Wildman–Crippen LogP) is 3.13. The Kier molecular flexibility index (Phi) is 6.08. The molecule has 29 heavy (non-hydrogen) atoms. The van der Waals surface area contributed by atoms with Gasteiger partial charge < -0.3 is 10.1 Å². The maximum atomic E-state index is 12.6. The van der Waals surface area contributed by atoms with Gasteiger partial charge >= 0.3 is 0 Å². The van der Waals surface area contributed by atoms with Gasteiger partial charge in [0.05, 0.1) is 15.7 Å². The SMILES string of the molecule is O=C(c1ccccc1)N1CCN(Cc2cccc(/N=c3\sc(Br)cn3O)n2)CC1. The number of carbonyl (C=O) groups excluding carboxylic acids is 1. The molecule has 1 aliphatic rings. The second-order valence-electron chi connectivity index (χ2n) is 6.70. The van der Waals surface area contributed by atoms with E-state index >= 15 is 0 Å². The van der Waals surface area contributed by atoms with Crippen LogP contribution >= 0.6 is 27.3 Å². The molecule has 0 radical (unpaired) electrons. The van der Waals surface area contributed by atoms with Gasteiger partial charge in [0.15, 0.2) is 5.82 Å². The third-order valence-electron chi connectivity index (χ3n) is 4.68. The van der Waals surface area contributed by atoms with Gasteiger partial charge in [-0.15, -0.1) is 0 Å². The number of amides is 1. The summed E-state index contributed by atoms with van der Waals surface area (Å²) in [5, 5.41) is 9.81. The minimum Gasteiger partial charge on any atom is -0.426 e.